The molecule has 1 aliphatic carbocycles. The van der Waals surface area contributed by atoms with E-state index in [0.29, 0.717) is 18.0 Å². The number of carbonyl (C=O) groups excluding carboxylic acids is 2. The minimum Gasteiger partial charge on any atom is -0.493 e. The number of ketones is 1. The van der Waals surface area contributed by atoms with Crippen molar-refractivity contribution in [1.82, 2.24) is 4.90 Å². The fourth-order valence-corrected chi connectivity index (χ4v) is 3.99. The summed E-state index contributed by atoms with van der Waals surface area (Å²) in [6.07, 6.45) is 6.00. The van der Waals surface area contributed by atoms with Gasteiger partial charge in [0.25, 0.3) is 0 Å². The van der Waals surface area contributed by atoms with Gasteiger partial charge >= 0.3 is 0 Å². The fraction of sp³-hybridized carbons (Fsp3) is 0.333. The fourth-order valence-electron chi connectivity index (χ4n) is 3.99. The van der Waals surface area contributed by atoms with Crippen LogP contribution < -0.4 is 9.47 Å². The largest absolute Gasteiger partial charge is 0.493 e. The third kappa shape index (κ3) is 1.73. The number of fused-ring (bicyclic) bond motifs is 1. The van der Waals surface area contributed by atoms with Gasteiger partial charge in [-0.15, -0.1) is 0 Å². The Morgan fingerprint density at radius 2 is 1.83 bits per heavy atom. The molecule has 2 heterocycles. The summed E-state index contributed by atoms with van der Waals surface area (Å²) in [6, 6.07) is 3.88. The third-order valence-electron chi connectivity index (χ3n) is 5.02. The van der Waals surface area contributed by atoms with Crippen molar-refractivity contribution < 1.29 is 19.1 Å². The van der Waals surface area contributed by atoms with Crippen LogP contribution in [0.2, 0.25) is 0 Å². The van der Waals surface area contributed by atoms with Crippen molar-refractivity contribution in [1.29, 1.82) is 0 Å². The minimum absolute atomic E-state index is 0.0280. The Kier molecular flexibility index (Phi) is 2.88. The normalized spacial score (nSPS) is 24.8. The molecule has 1 amide bonds. The molecule has 0 aromatic heterocycles. The van der Waals surface area contributed by atoms with Crippen LogP contribution in [-0.4, -0.2) is 37.4 Å². The van der Waals surface area contributed by atoms with Gasteiger partial charge in [-0.2, -0.15) is 0 Å². The van der Waals surface area contributed by atoms with Crippen LogP contribution in [0.5, 0.6) is 11.5 Å². The van der Waals surface area contributed by atoms with Crippen LogP contribution >= 0.6 is 0 Å². The van der Waals surface area contributed by atoms with Crippen LogP contribution in [0.1, 0.15) is 17.5 Å². The van der Waals surface area contributed by atoms with Crippen molar-refractivity contribution in [3.63, 3.8) is 0 Å². The molecule has 23 heavy (non-hydrogen) atoms. The molecule has 1 aromatic carbocycles. The molecule has 0 N–H and O–H groups in total. The van der Waals surface area contributed by atoms with Crippen LogP contribution in [0.3, 0.4) is 0 Å². The highest BCUT2D eigenvalue weighted by Gasteiger charge is 2.53. The van der Waals surface area contributed by atoms with Gasteiger partial charge in [0.1, 0.15) is 5.54 Å². The van der Waals surface area contributed by atoms with Crippen molar-refractivity contribution in [3.05, 3.63) is 47.1 Å². The van der Waals surface area contributed by atoms with E-state index in [0.717, 1.165) is 23.1 Å². The number of benzene rings is 1. The highest BCUT2D eigenvalue weighted by molar-refractivity contribution is 6.01. The zero-order valence-electron chi connectivity index (χ0n) is 13.1. The molecule has 0 bridgehead atoms. The minimum atomic E-state index is -0.684. The summed E-state index contributed by atoms with van der Waals surface area (Å²) in [6.45, 7) is 0.600. The van der Waals surface area contributed by atoms with E-state index in [-0.39, 0.29) is 18.1 Å². The Labute approximate surface area is 134 Å². The Morgan fingerprint density at radius 3 is 2.57 bits per heavy atom. The molecule has 5 nitrogen and oxygen atoms in total. The summed E-state index contributed by atoms with van der Waals surface area (Å²) in [5.41, 5.74) is 2.27. The van der Waals surface area contributed by atoms with Gasteiger partial charge in [0.05, 0.1) is 14.2 Å². The molecule has 118 valence electrons. The maximum Gasteiger partial charge on any atom is 0.247 e. The van der Waals surface area contributed by atoms with E-state index in [1.165, 1.54) is 0 Å². The van der Waals surface area contributed by atoms with Crippen LogP contribution in [-0.2, 0) is 21.5 Å². The first-order chi connectivity index (χ1) is 11.1. The van der Waals surface area contributed by atoms with Gasteiger partial charge in [-0.3, -0.25) is 9.59 Å². The van der Waals surface area contributed by atoms with E-state index < -0.39 is 5.54 Å². The van der Waals surface area contributed by atoms with Crippen LogP contribution in [0.15, 0.2) is 35.9 Å². The molecule has 1 atom stereocenters. The molecule has 0 saturated heterocycles. The van der Waals surface area contributed by atoms with Crippen molar-refractivity contribution in [2.75, 3.05) is 20.8 Å². The first-order valence-electron chi connectivity index (χ1n) is 7.60. The average molecular weight is 311 g/mol. The Balaban J connectivity index is 1.98. The maximum absolute atomic E-state index is 12.4. The molecule has 2 aliphatic heterocycles. The van der Waals surface area contributed by atoms with E-state index in [4.69, 9.17) is 9.47 Å². The quantitative estimate of drug-likeness (QED) is 0.835. The van der Waals surface area contributed by atoms with E-state index >= 15 is 0 Å². The molecular weight excluding hydrogens is 294 g/mol. The summed E-state index contributed by atoms with van der Waals surface area (Å²) >= 11 is 0. The molecule has 0 radical (unpaired) electrons. The van der Waals surface area contributed by atoms with Crippen molar-refractivity contribution in [3.8, 4) is 11.5 Å². The lowest BCUT2D eigenvalue weighted by Gasteiger charge is -2.46. The molecule has 3 aliphatic rings. The second-order valence-corrected chi connectivity index (χ2v) is 6.04. The molecular formula is C18H17NO4. The van der Waals surface area contributed by atoms with Crippen molar-refractivity contribution in [2.24, 2.45) is 0 Å². The van der Waals surface area contributed by atoms with Gasteiger partial charge in [-0.05, 0) is 41.3 Å². The summed E-state index contributed by atoms with van der Waals surface area (Å²) in [5, 5.41) is 0. The number of hydrogen-bond acceptors (Lipinski definition) is 4. The number of nitrogens with zero attached hydrogens (tertiary/aromatic N) is 1. The SMILES string of the molecule is COc1cc2c(cc1OC)C13CC(=O)C=CC1=CC(=O)N3CC2. The molecule has 1 unspecified atom stereocenters. The Morgan fingerprint density at radius 1 is 1.09 bits per heavy atom. The summed E-state index contributed by atoms with van der Waals surface area (Å²) < 4.78 is 10.8. The molecule has 4 rings (SSSR count). The number of carbonyl (C=O) groups is 2. The number of allylic oxidation sites excluding steroid dienone is 1. The number of methoxy groups -OCH3 is 2. The lowest BCUT2D eigenvalue weighted by atomic mass is 9.72. The van der Waals surface area contributed by atoms with Gasteiger partial charge in [0.15, 0.2) is 17.3 Å². The molecule has 1 aromatic rings. The zero-order chi connectivity index (χ0) is 16.2. The van der Waals surface area contributed by atoms with E-state index in [1.807, 2.05) is 17.0 Å². The van der Waals surface area contributed by atoms with Gasteiger partial charge in [0, 0.05) is 19.0 Å². The predicted octanol–water partition coefficient (Wildman–Crippen LogP) is 1.75. The number of amides is 1. The van der Waals surface area contributed by atoms with Gasteiger partial charge in [-0.25, -0.2) is 0 Å². The third-order valence-corrected chi connectivity index (χ3v) is 5.02. The second kappa shape index (κ2) is 4.72. The predicted molar refractivity (Wildman–Crippen MR) is 83.5 cm³/mol. The number of rotatable bonds is 2. The Hall–Kier alpha value is -2.56. The maximum atomic E-state index is 12.4. The second-order valence-electron chi connectivity index (χ2n) is 6.04. The smallest absolute Gasteiger partial charge is 0.247 e. The Bertz CT molecular complexity index is 792. The first kappa shape index (κ1) is 14.1. The monoisotopic (exact) mass is 311 g/mol. The van der Waals surface area contributed by atoms with Crippen LogP contribution in [0, 0.1) is 0 Å². The van der Waals surface area contributed by atoms with E-state index in [9.17, 15) is 9.59 Å². The molecule has 0 fully saturated rings. The summed E-state index contributed by atoms with van der Waals surface area (Å²) in [7, 11) is 3.19. The summed E-state index contributed by atoms with van der Waals surface area (Å²) in [4.78, 5) is 26.4. The van der Waals surface area contributed by atoms with E-state index in [1.54, 1.807) is 32.4 Å². The van der Waals surface area contributed by atoms with Crippen LogP contribution in [0.4, 0.5) is 0 Å². The molecule has 0 saturated carbocycles. The van der Waals surface area contributed by atoms with Gasteiger partial charge < -0.3 is 14.4 Å². The molecule has 1 spiro atoms. The standard InChI is InChI=1S/C18H17NO4/c1-22-15-7-11-5-6-19-17(21)8-12-3-4-13(20)10-18(12,19)14(11)9-16(15)23-2/h3-4,7-9H,5-6,10H2,1-2H3. The topological polar surface area (TPSA) is 55.8 Å². The number of ether oxygens (including phenoxy) is 2. The lowest BCUT2D eigenvalue weighted by molar-refractivity contribution is -0.131. The zero-order valence-corrected chi connectivity index (χ0v) is 13.1. The highest BCUT2D eigenvalue weighted by atomic mass is 16.5. The first-order valence-corrected chi connectivity index (χ1v) is 7.60. The van der Waals surface area contributed by atoms with Gasteiger partial charge in [0.2, 0.25) is 5.91 Å². The number of hydrogen-bond donors (Lipinski definition) is 0. The summed E-state index contributed by atoms with van der Waals surface area (Å²) in [5.74, 6) is 1.29. The van der Waals surface area contributed by atoms with Crippen LogP contribution in [0.25, 0.3) is 0 Å². The van der Waals surface area contributed by atoms with Crippen molar-refractivity contribution >= 4 is 11.7 Å². The molecule has 5 heteroatoms. The highest BCUT2D eigenvalue weighted by Crippen LogP contribution is 2.51. The lowest BCUT2D eigenvalue weighted by Crippen LogP contribution is -2.51. The van der Waals surface area contributed by atoms with E-state index in [2.05, 4.69) is 0 Å². The average Bonchev–Trinajstić information content (AvgIpc) is 2.85. The van der Waals surface area contributed by atoms with Gasteiger partial charge in [-0.1, -0.05) is 6.08 Å². The van der Waals surface area contributed by atoms with Crippen molar-refractivity contribution in [2.45, 2.75) is 18.4 Å².